The predicted molar refractivity (Wildman–Crippen MR) is 84.3 cm³/mol. The van der Waals surface area contributed by atoms with Gasteiger partial charge in [-0.2, -0.15) is 14.0 Å². The van der Waals surface area contributed by atoms with Gasteiger partial charge in [0.25, 0.3) is 0 Å². The average Bonchev–Trinajstić information content (AvgIpc) is 2.94. The molecule has 0 saturated carbocycles. The van der Waals surface area contributed by atoms with Crippen LogP contribution < -0.4 is 10.6 Å². The Kier molecular flexibility index (Phi) is 3.90. The van der Waals surface area contributed by atoms with Gasteiger partial charge in [-0.05, 0) is 6.08 Å². The lowest BCUT2D eigenvalue weighted by Crippen LogP contribution is -2.09. The van der Waals surface area contributed by atoms with Crippen LogP contribution in [0.4, 0.5) is 21.7 Å². The molecule has 0 fully saturated rings. The molecule has 1 amide bonds. The van der Waals surface area contributed by atoms with E-state index in [1.165, 1.54) is 16.6 Å². The maximum atomic E-state index is 13.6. The molecule has 0 aliphatic carbocycles. The maximum Gasteiger partial charge on any atom is 0.247 e. The molecule has 0 aliphatic rings. The second-order valence-corrected chi connectivity index (χ2v) is 4.83. The van der Waals surface area contributed by atoms with Gasteiger partial charge in [-0.25, -0.2) is 9.97 Å². The van der Waals surface area contributed by atoms with Crippen LogP contribution in [-0.2, 0) is 4.79 Å². The number of amides is 1. The van der Waals surface area contributed by atoms with Gasteiger partial charge in [-0.3, -0.25) is 4.79 Å². The molecule has 0 atom stereocenters. The van der Waals surface area contributed by atoms with Crippen LogP contribution in [0.25, 0.3) is 5.65 Å². The number of nitrogens with zero attached hydrogens (tertiary/aromatic N) is 4. The van der Waals surface area contributed by atoms with Crippen molar-refractivity contribution in [2.75, 3.05) is 10.6 Å². The first-order valence-electron chi connectivity index (χ1n) is 6.43. The number of carbonyl (C=O) groups is 1. The fourth-order valence-electron chi connectivity index (χ4n) is 1.93. The highest BCUT2D eigenvalue weighted by molar-refractivity contribution is 6.29. The van der Waals surface area contributed by atoms with Crippen LogP contribution in [0.5, 0.6) is 0 Å². The van der Waals surface area contributed by atoms with Crippen LogP contribution in [0, 0.1) is 5.95 Å². The highest BCUT2D eigenvalue weighted by atomic mass is 35.5. The predicted octanol–water partition coefficient (Wildman–Crippen LogP) is 2.78. The summed E-state index contributed by atoms with van der Waals surface area (Å²) in [4.78, 5) is 19.1. The lowest BCUT2D eigenvalue weighted by atomic mass is 10.3. The Morgan fingerprint density at radius 3 is 2.96 bits per heavy atom. The van der Waals surface area contributed by atoms with Gasteiger partial charge in [0, 0.05) is 30.0 Å². The number of carbonyl (C=O) groups excluding carboxylic acids is 1. The van der Waals surface area contributed by atoms with Gasteiger partial charge >= 0.3 is 0 Å². The highest BCUT2D eigenvalue weighted by Crippen LogP contribution is 2.22. The molecule has 0 radical (unpaired) electrons. The SMILES string of the molecule is C=CC(=O)Nc1cc(F)nc(Nc2cc(Cl)nc3ccnn23)c1. The Labute approximate surface area is 134 Å². The maximum absolute atomic E-state index is 13.6. The summed E-state index contributed by atoms with van der Waals surface area (Å²) in [7, 11) is 0. The van der Waals surface area contributed by atoms with E-state index >= 15 is 0 Å². The van der Waals surface area contributed by atoms with Gasteiger partial charge in [0.1, 0.15) is 16.8 Å². The molecule has 116 valence electrons. The summed E-state index contributed by atoms with van der Waals surface area (Å²) < 4.78 is 15.1. The van der Waals surface area contributed by atoms with Gasteiger partial charge in [-0.1, -0.05) is 18.2 Å². The van der Waals surface area contributed by atoms with Crippen molar-refractivity contribution >= 4 is 40.5 Å². The van der Waals surface area contributed by atoms with Crippen molar-refractivity contribution in [2.24, 2.45) is 0 Å². The van der Waals surface area contributed by atoms with Crippen LogP contribution in [0.3, 0.4) is 0 Å². The summed E-state index contributed by atoms with van der Waals surface area (Å²) in [5, 5.41) is 9.70. The molecule has 0 unspecified atom stereocenters. The average molecular weight is 333 g/mol. The Bertz CT molecular complexity index is 909. The quantitative estimate of drug-likeness (QED) is 0.436. The molecule has 0 aromatic carbocycles. The molecule has 2 N–H and O–H groups in total. The Morgan fingerprint density at radius 1 is 1.35 bits per heavy atom. The summed E-state index contributed by atoms with van der Waals surface area (Å²) in [6.07, 6.45) is 2.64. The first-order chi connectivity index (χ1) is 11.0. The second kappa shape index (κ2) is 6.01. The highest BCUT2D eigenvalue weighted by Gasteiger charge is 2.09. The molecule has 3 rings (SSSR count). The van der Waals surface area contributed by atoms with Crippen molar-refractivity contribution in [3.8, 4) is 0 Å². The van der Waals surface area contributed by atoms with E-state index in [1.807, 2.05) is 0 Å². The van der Waals surface area contributed by atoms with Crippen molar-refractivity contribution in [3.63, 3.8) is 0 Å². The van der Waals surface area contributed by atoms with E-state index in [9.17, 15) is 9.18 Å². The first kappa shape index (κ1) is 14.9. The molecule has 3 heterocycles. The van der Waals surface area contributed by atoms with E-state index in [2.05, 4.69) is 32.3 Å². The Hall–Kier alpha value is -3.00. The second-order valence-electron chi connectivity index (χ2n) is 4.45. The van der Waals surface area contributed by atoms with E-state index in [1.54, 1.807) is 12.3 Å². The minimum absolute atomic E-state index is 0.170. The van der Waals surface area contributed by atoms with Crippen molar-refractivity contribution in [1.29, 1.82) is 0 Å². The number of aromatic nitrogens is 4. The van der Waals surface area contributed by atoms with Crippen LogP contribution in [0.2, 0.25) is 5.15 Å². The zero-order valence-corrected chi connectivity index (χ0v) is 12.4. The number of hydrogen-bond acceptors (Lipinski definition) is 5. The number of nitrogens with one attached hydrogen (secondary N) is 2. The van der Waals surface area contributed by atoms with Gasteiger partial charge in [-0.15, -0.1) is 0 Å². The third kappa shape index (κ3) is 3.27. The Balaban J connectivity index is 1.97. The molecule has 0 spiro atoms. The molecule has 3 aromatic heterocycles. The molecule has 0 bridgehead atoms. The van der Waals surface area contributed by atoms with E-state index in [0.29, 0.717) is 11.5 Å². The summed E-state index contributed by atoms with van der Waals surface area (Å²) in [6, 6.07) is 5.76. The van der Waals surface area contributed by atoms with Crippen molar-refractivity contribution in [1.82, 2.24) is 19.6 Å². The fourth-order valence-corrected chi connectivity index (χ4v) is 2.12. The molecule has 3 aromatic rings. The topological polar surface area (TPSA) is 84.2 Å². The summed E-state index contributed by atoms with van der Waals surface area (Å²) in [5.41, 5.74) is 0.762. The van der Waals surface area contributed by atoms with Crippen molar-refractivity contribution in [3.05, 3.63) is 54.2 Å². The molecule has 0 aliphatic heterocycles. The summed E-state index contributed by atoms with van der Waals surface area (Å²) in [5.74, 6) is -0.596. The monoisotopic (exact) mass is 332 g/mol. The molecule has 23 heavy (non-hydrogen) atoms. The number of pyridine rings is 1. The number of fused-ring (bicyclic) bond motifs is 1. The zero-order chi connectivity index (χ0) is 16.4. The number of anilines is 3. The van der Waals surface area contributed by atoms with E-state index < -0.39 is 11.9 Å². The molecular weight excluding hydrogens is 323 g/mol. The molecule has 9 heteroatoms. The van der Waals surface area contributed by atoms with Crippen LogP contribution in [0.15, 0.2) is 43.1 Å². The third-order valence-corrected chi connectivity index (χ3v) is 3.02. The van der Waals surface area contributed by atoms with E-state index in [4.69, 9.17) is 11.6 Å². The van der Waals surface area contributed by atoms with Crippen LogP contribution in [-0.4, -0.2) is 25.5 Å². The van der Waals surface area contributed by atoms with Crippen molar-refractivity contribution < 1.29 is 9.18 Å². The minimum Gasteiger partial charge on any atom is -0.325 e. The van der Waals surface area contributed by atoms with Gasteiger partial charge in [0.05, 0.1) is 6.20 Å². The van der Waals surface area contributed by atoms with Gasteiger partial charge < -0.3 is 10.6 Å². The van der Waals surface area contributed by atoms with Crippen LogP contribution in [0.1, 0.15) is 0 Å². The number of rotatable bonds is 4. The third-order valence-electron chi connectivity index (χ3n) is 2.83. The smallest absolute Gasteiger partial charge is 0.247 e. The minimum atomic E-state index is -0.758. The number of hydrogen-bond donors (Lipinski definition) is 2. The lowest BCUT2D eigenvalue weighted by molar-refractivity contribution is -0.111. The summed E-state index contributed by atoms with van der Waals surface area (Å²) in [6.45, 7) is 3.34. The van der Waals surface area contributed by atoms with Crippen LogP contribution >= 0.6 is 11.6 Å². The molecular formula is C14H10ClFN6O. The van der Waals surface area contributed by atoms with Crippen molar-refractivity contribution in [2.45, 2.75) is 0 Å². The fraction of sp³-hybridized carbons (Fsp3) is 0. The Morgan fingerprint density at radius 2 is 2.17 bits per heavy atom. The number of halogens is 2. The zero-order valence-electron chi connectivity index (χ0n) is 11.6. The summed E-state index contributed by atoms with van der Waals surface area (Å²) >= 11 is 5.94. The van der Waals surface area contributed by atoms with Gasteiger partial charge in [0.2, 0.25) is 11.9 Å². The van der Waals surface area contributed by atoms with Gasteiger partial charge in [0.15, 0.2) is 5.65 Å². The lowest BCUT2D eigenvalue weighted by Gasteiger charge is -2.10. The van der Waals surface area contributed by atoms with E-state index in [-0.39, 0.29) is 16.7 Å². The molecule has 0 saturated heterocycles. The molecule has 7 nitrogen and oxygen atoms in total. The van der Waals surface area contributed by atoms with E-state index in [0.717, 1.165) is 12.1 Å². The largest absolute Gasteiger partial charge is 0.325 e. The standard InChI is InChI=1S/C14H10ClFN6O/c1-2-14(23)18-8-5-10(16)20-11(6-8)21-13-7-9(15)19-12-3-4-17-22(12)13/h2-7H,1H2,(H2,18,20,21,23). The normalized spacial score (nSPS) is 10.5. The first-order valence-corrected chi connectivity index (χ1v) is 6.81.